The predicted molar refractivity (Wildman–Crippen MR) is 132 cm³/mol. The van der Waals surface area contributed by atoms with Crippen LogP contribution in [-0.4, -0.2) is 69.2 Å². The Labute approximate surface area is 203 Å². The van der Waals surface area contributed by atoms with E-state index in [0.29, 0.717) is 28.7 Å². The molecule has 4 rings (SSSR count). The Balaban J connectivity index is 1.57. The molecule has 0 radical (unpaired) electrons. The molecule has 0 bridgehead atoms. The van der Waals surface area contributed by atoms with Gasteiger partial charge in [-0.2, -0.15) is 4.31 Å². The lowest BCUT2D eigenvalue weighted by Gasteiger charge is -2.33. The van der Waals surface area contributed by atoms with E-state index in [-0.39, 0.29) is 56.0 Å². The second-order valence-electron chi connectivity index (χ2n) is 8.17. The molecule has 0 saturated carbocycles. The van der Waals surface area contributed by atoms with Gasteiger partial charge >= 0.3 is 0 Å². The fraction of sp³-hybridized carbons (Fsp3) is 0.360. The van der Waals surface area contributed by atoms with Crippen molar-refractivity contribution < 1.29 is 27.1 Å². The topological polar surface area (TPSA) is 106 Å². The van der Waals surface area contributed by atoms with Crippen LogP contribution in [0.4, 0.5) is 0 Å². The number of ether oxygens (including phenoxy) is 2. The Kier molecular flexibility index (Phi) is 7.42. The van der Waals surface area contributed by atoms with Crippen LogP contribution >= 0.6 is 0 Å². The molecule has 0 N–H and O–H groups in total. The van der Waals surface area contributed by atoms with Crippen LogP contribution in [0.2, 0.25) is 0 Å². The minimum atomic E-state index is -3.31. The van der Waals surface area contributed by atoms with Crippen LogP contribution in [0.3, 0.4) is 0 Å². The lowest BCUT2D eigenvalue weighted by molar-refractivity contribution is -0.134. The molecule has 0 atom stereocenters. The minimum absolute atomic E-state index is 0.0780. The third-order valence-electron chi connectivity index (χ3n) is 5.89. The molecular formula is C25H28N2O7S. The molecule has 2 heterocycles. The summed E-state index contributed by atoms with van der Waals surface area (Å²) in [5, 5.41) is 0.336. The highest BCUT2D eigenvalue weighted by molar-refractivity contribution is 7.89. The van der Waals surface area contributed by atoms with Crippen molar-refractivity contribution in [2.45, 2.75) is 13.3 Å². The number of fused-ring (bicyclic) bond motifs is 1. The molecule has 1 aliphatic heterocycles. The van der Waals surface area contributed by atoms with Crippen molar-refractivity contribution in [1.82, 2.24) is 9.21 Å². The normalized spacial score (nSPS) is 14.7. The molecule has 1 aromatic heterocycles. The Bertz CT molecular complexity index is 1380. The number of methoxy groups -OCH3 is 1. The van der Waals surface area contributed by atoms with E-state index >= 15 is 0 Å². The first-order valence-electron chi connectivity index (χ1n) is 11.4. The van der Waals surface area contributed by atoms with Gasteiger partial charge in [0.1, 0.15) is 11.3 Å². The van der Waals surface area contributed by atoms with Gasteiger partial charge in [0.15, 0.2) is 12.4 Å². The van der Waals surface area contributed by atoms with Gasteiger partial charge < -0.3 is 18.8 Å². The van der Waals surface area contributed by atoms with Gasteiger partial charge in [0.25, 0.3) is 5.91 Å². The highest BCUT2D eigenvalue weighted by Gasteiger charge is 2.29. The highest BCUT2D eigenvalue weighted by Crippen LogP contribution is 2.36. The van der Waals surface area contributed by atoms with Crippen molar-refractivity contribution in [3.05, 3.63) is 58.8 Å². The summed E-state index contributed by atoms with van der Waals surface area (Å²) >= 11 is 0. The molecule has 10 heteroatoms. The lowest BCUT2D eigenvalue weighted by Crippen LogP contribution is -2.52. The number of para-hydroxylation sites is 2. The average molecular weight is 501 g/mol. The predicted octanol–water partition coefficient (Wildman–Crippen LogP) is 2.73. The summed E-state index contributed by atoms with van der Waals surface area (Å²) in [6, 6.07) is 13.9. The SMILES string of the molecule is CCCS(=O)(=O)N1CCN(C(=O)COc2c(-c3ccccc3OC)oc3ccccc3c2=O)CC1. The number of sulfonamides is 1. The zero-order valence-electron chi connectivity index (χ0n) is 19.7. The summed E-state index contributed by atoms with van der Waals surface area (Å²) < 4.78 is 43.3. The van der Waals surface area contributed by atoms with Crippen molar-refractivity contribution >= 4 is 26.9 Å². The zero-order chi connectivity index (χ0) is 25.0. The molecule has 35 heavy (non-hydrogen) atoms. The largest absolute Gasteiger partial charge is 0.496 e. The highest BCUT2D eigenvalue weighted by atomic mass is 32.2. The van der Waals surface area contributed by atoms with Gasteiger partial charge in [-0.3, -0.25) is 9.59 Å². The van der Waals surface area contributed by atoms with Gasteiger partial charge in [-0.25, -0.2) is 8.42 Å². The number of amides is 1. The average Bonchev–Trinajstić information content (AvgIpc) is 2.88. The summed E-state index contributed by atoms with van der Waals surface area (Å²) in [7, 11) is -1.79. The number of piperazine rings is 1. The zero-order valence-corrected chi connectivity index (χ0v) is 20.5. The van der Waals surface area contributed by atoms with Crippen molar-refractivity contribution in [3.63, 3.8) is 0 Å². The van der Waals surface area contributed by atoms with E-state index in [2.05, 4.69) is 0 Å². The van der Waals surface area contributed by atoms with Gasteiger partial charge in [0.05, 0.1) is 23.8 Å². The number of rotatable bonds is 8. The number of hydrogen-bond donors (Lipinski definition) is 0. The molecular weight excluding hydrogens is 472 g/mol. The molecule has 1 aliphatic rings. The Morgan fingerprint density at radius 2 is 1.71 bits per heavy atom. The first-order chi connectivity index (χ1) is 16.9. The van der Waals surface area contributed by atoms with Crippen molar-refractivity contribution in [2.75, 3.05) is 45.6 Å². The van der Waals surface area contributed by atoms with Crippen LogP contribution in [0.15, 0.2) is 57.7 Å². The lowest BCUT2D eigenvalue weighted by atomic mass is 10.1. The monoisotopic (exact) mass is 500 g/mol. The summed E-state index contributed by atoms with van der Waals surface area (Å²) in [6.07, 6.45) is 0.540. The Hall–Kier alpha value is -3.37. The first kappa shape index (κ1) is 24.7. The number of carbonyl (C=O) groups excluding carboxylic acids is 1. The number of hydrogen-bond acceptors (Lipinski definition) is 7. The molecule has 1 amide bonds. The van der Waals surface area contributed by atoms with Crippen molar-refractivity contribution in [3.8, 4) is 22.8 Å². The van der Waals surface area contributed by atoms with E-state index in [4.69, 9.17) is 13.9 Å². The van der Waals surface area contributed by atoms with E-state index in [0.717, 1.165) is 0 Å². The van der Waals surface area contributed by atoms with Crippen LogP contribution < -0.4 is 14.9 Å². The molecule has 0 spiro atoms. The van der Waals surface area contributed by atoms with Gasteiger partial charge in [0.2, 0.25) is 21.2 Å². The first-order valence-corrected chi connectivity index (χ1v) is 13.0. The van der Waals surface area contributed by atoms with E-state index in [1.54, 1.807) is 53.4 Å². The second kappa shape index (κ2) is 10.5. The summed E-state index contributed by atoms with van der Waals surface area (Å²) in [6.45, 7) is 2.43. The summed E-state index contributed by atoms with van der Waals surface area (Å²) in [5.74, 6) is 0.343. The summed E-state index contributed by atoms with van der Waals surface area (Å²) in [4.78, 5) is 27.7. The van der Waals surface area contributed by atoms with Crippen LogP contribution in [0.25, 0.3) is 22.3 Å². The van der Waals surface area contributed by atoms with Crippen molar-refractivity contribution in [1.29, 1.82) is 0 Å². The van der Waals surface area contributed by atoms with E-state index in [9.17, 15) is 18.0 Å². The van der Waals surface area contributed by atoms with Gasteiger partial charge in [-0.05, 0) is 30.7 Å². The van der Waals surface area contributed by atoms with Crippen LogP contribution in [-0.2, 0) is 14.8 Å². The third kappa shape index (κ3) is 5.18. The van der Waals surface area contributed by atoms with Crippen molar-refractivity contribution in [2.24, 2.45) is 0 Å². The van der Waals surface area contributed by atoms with E-state index in [1.807, 2.05) is 6.92 Å². The van der Waals surface area contributed by atoms with E-state index in [1.165, 1.54) is 11.4 Å². The molecule has 9 nitrogen and oxygen atoms in total. The third-order valence-corrected chi connectivity index (χ3v) is 7.97. The van der Waals surface area contributed by atoms with Crippen LogP contribution in [0.5, 0.6) is 11.5 Å². The standard InChI is InChI=1S/C25H28N2O7S/c1-3-16-35(30,31)27-14-12-26(13-15-27)22(28)17-33-25-23(29)18-8-4-7-11-21(18)34-24(25)19-9-5-6-10-20(19)32-2/h4-11H,3,12-17H2,1-2H3. The van der Waals surface area contributed by atoms with Crippen LogP contribution in [0.1, 0.15) is 13.3 Å². The maximum atomic E-state index is 13.3. The molecule has 3 aromatic rings. The maximum Gasteiger partial charge on any atom is 0.260 e. The number of nitrogens with zero attached hydrogens (tertiary/aromatic N) is 2. The van der Waals surface area contributed by atoms with E-state index < -0.39 is 15.5 Å². The maximum absolute atomic E-state index is 13.3. The Morgan fingerprint density at radius 3 is 2.43 bits per heavy atom. The minimum Gasteiger partial charge on any atom is -0.496 e. The van der Waals surface area contributed by atoms with Gasteiger partial charge in [-0.15, -0.1) is 0 Å². The van der Waals surface area contributed by atoms with Gasteiger partial charge in [0, 0.05) is 26.2 Å². The smallest absolute Gasteiger partial charge is 0.260 e. The summed E-state index contributed by atoms with van der Waals surface area (Å²) in [5.41, 5.74) is 0.521. The molecule has 186 valence electrons. The quantitative estimate of drug-likeness (QED) is 0.468. The van der Waals surface area contributed by atoms with Crippen LogP contribution in [0, 0.1) is 0 Å². The molecule has 1 saturated heterocycles. The molecule has 0 aliphatic carbocycles. The fourth-order valence-corrected chi connectivity index (χ4v) is 5.59. The second-order valence-corrected chi connectivity index (χ2v) is 10.3. The number of carbonyl (C=O) groups is 1. The number of benzene rings is 2. The van der Waals surface area contributed by atoms with Gasteiger partial charge in [-0.1, -0.05) is 31.2 Å². The molecule has 1 fully saturated rings. The Morgan fingerprint density at radius 1 is 1.03 bits per heavy atom. The molecule has 2 aromatic carbocycles. The fourth-order valence-electron chi connectivity index (χ4n) is 4.09. The molecule has 0 unspecified atom stereocenters.